The summed E-state index contributed by atoms with van der Waals surface area (Å²) in [6.07, 6.45) is 0. The molecule has 0 saturated heterocycles. The highest BCUT2D eigenvalue weighted by Gasteiger charge is 2.32. The molecule has 0 saturated carbocycles. The van der Waals surface area contributed by atoms with E-state index in [1.54, 1.807) is 7.05 Å². The van der Waals surface area contributed by atoms with Crippen molar-refractivity contribution in [1.29, 1.82) is 0 Å². The lowest BCUT2D eigenvalue weighted by Crippen LogP contribution is -2.31. The van der Waals surface area contributed by atoms with Crippen LogP contribution in [0.3, 0.4) is 0 Å². The molecule has 1 aliphatic rings. The first kappa shape index (κ1) is 16.2. The van der Waals surface area contributed by atoms with E-state index in [2.05, 4.69) is 18.8 Å². The van der Waals surface area contributed by atoms with Crippen molar-refractivity contribution in [2.75, 3.05) is 25.2 Å². The molecule has 1 N–H and O–H groups in total. The van der Waals surface area contributed by atoms with Gasteiger partial charge in [-0.3, -0.25) is 9.79 Å². The summed E-state index contributed by atoms with van der Waals surface area (Å²) in [5.74, 6) is -1.39. The Kier molecular flexibility index (Phi) is 4.32. The van der Waals surface area contributed by atoms with Crippen molar-refractivity contribution in [2.45, 2.75) is 26.2 Å². The molecular weight excluding hydrogens is 284 g/mol. The van der Waals surface area contributed by atoms with Gasteiger partial charge in [0.15, 0.2) is 0 Å². The van der Waals surface area contributed by atoms with E-state index in [4.69, 9.17) is 9.84 Å². The normalized spacial score (nSPS) is 15.2. The third-order valence-corrected chi connectivity index (χ3v) is 4.06. The Morgan fingerprint density at radius 1 is 1.32 bits per heavy atom. The summed E-state index contributed by atoms with van der Waals surface area (Å²) in [7, 11) is 1.64. The van der Waals surface area contributed by atoms with Gasteiger partial charge in [-0.15, -0.1) is 0 Å². The number of aliphatic carboxylic acids is 1. The molecule has 0 aromatic heterocycles. The van der Waals surface area contributed by atoms with Crippen LogP contribution in [0.1, 0.15) is 26.3 Å². The fourth-order valence-corrected chi connectivity index (χ4v) is 2.31. The third kappa shape index (κ3) is 3.01. The minimum absolute atomic E-state index is 0.158. The van der Waals surface area contributed by atoms with Gasteiger partial charge in [-0.2, -0.15) is 0 Å². The van der Waals surface area contributed by atoms with E-state index < -0.39 is 12.6 Å². The molecule has 6 nitrogen and oxygen atoms in total. The Morgan fingerprint density at radius 3 is 2.64 bits per heavy atom. The van der Waals surface area contributed by atoms with Crippen molar-refractivity contribution in [1.82, 2.24) is 0 Å². The topological polar surface area (TPSA) is 79.2 Å². The van der Waals surface area contributed by atoms with Crippen LogP contribution in [0.15, 0.2) is 23.2 Å². The number of ether oxygens (including phenoxy) is 1. The SMILES string of the molecule is CC1=Nc2ccc(N(C)C(=O)COCC(=O)O)cc2C1(C)C. The first-order chi connectivity index (χ1) is 10.2. The monoisotopic (exact) mass is 304 g/mol. The van der Waals surface area contributed by atoms with Crippen LogP contribution in [-0.2, 0) is 19.7 Å². The van der Waals surface area contributed by atoms with E-state index in [1.165, 1.54) is 4.90 Å². The molecule has 0 aliphatic carbocycles. The average molecular weight is 304 g/mol. The predicted octanol–water partition coefficient (Wildman–Crippen LogP) is 2.13. The number of aliphatic imine (C=N–C) groups is 1. The van der Waals surface area contributed by atoms with Crippen LogP contribution < -0.4 is 4.90 Å². The number of fused-ring (bicyclic) bond motifs is 1. The van der Waals surface area contributed by atoms with Crippen molar-refractivity contribution in [3.63, 3.8) is 0 Å². The number of carboxylic acids is 1. The maximum atomic E-state index is 12.0. The molecule has 0 fully saturated rings. The number of benzene rings is 1. The summed E-state index contributed by atoms with van der Waals surface area (Å²) >= 11 is 0. The van der Waals surface area contributed by atoms with Gasteiger partial charge in [0.2, 0.25) is 0 Å². The van der Waals surface area contributed by atoms with Gasteiger partial charge >= 0.3 is 5.97 Å². The lowest BCUT2D eigenvalue weighted by molar-refractivity contribution is -0.143. The van der Waals surface area contributed by atoms with Gasteiger partial charge in [-0.1, -0.05) is 13.8 Å². The van der Waals surface area contributed by atoms with Gasteiger partial charge in [0.1, 0.15) is 13.2 Å². The van der Waals surface area contributed by atoms with Crippen molar-refractivity contribution in [3.8, 4) is 0 Å². The number of carboxylic acid groups (broad SMARTS) is 1. The molecule has 1 aromatic rings. The Bertz CT molecular complexity index is 650. The van der Waals surface area contributed by atoms with Crippen LogP contribution in [0, 0.1) is 0 Å². The smallest absolute Gasteiger partial charge is 0.329 e. The summed E-state index contributed by atoms with van der Waals surface area (Å²) in [6.45, 7) is 5.44. The first-order valence-electron chi connectivity index (χ1n) is 7.00. The highest BCUT2D eigenvalue weighted by Crippen LogP contribution is 2.41. The van der Waals surface area contributed by atoms with Gasteiger partial charge in [-0.05, 0) is 30.7 Å². The van der Waals surface area contributed by atoms with Crippen molar-refractivity contribution in [3.05, 3.63) is 23.8 Å². The van der Waals surface area contributed by atoms with E-state index >= 15 is 0 Å². The number of likely N-dealkylation sites (N-methyl/N-ethyl adjacent to an activating group) is 1. The molecule has 1 aromatic carbocycles. The zero-order chi connectivity index (χ0) is 16.5. The molecule has 118 valence electrons. The molecule has 0 atom stereocenters. The Balaban J connectivity index is 2.13. The van der Waals surface area contributed by atoms with Crippen LogP contribution in [-0.4, -0.2) is 43.0 Å². The maximum Gasteiger partial charge on any atom is 0.329 e. The Labute approximate surface area is 129 Å². The van der Waals surface area contributed by atoms with Crippen LogP contribution >= 0.6 is 0 Å². The molecule has 22 heavy (non-hydrogen) atoms. The molecule has 1 aliphatic heterocycles. The second kappa shape index (κ2) is 5.88. The second-order valence-corrected chi connectivity index (χ2v) is 5.86. The molecule has 2 rings (SSSR count). The van der Waals surface area contributed by atoms with Gasteiger partial charge in [0.25, 0.3) is 5.91 Å². The summed E-state index contributed by atoms with van der Waals surface area (Å²) in [4.78, 5) is 28.4. The Hall–Kier alpha value is -2.21. The standard InChI is InChI=1S/C16H20N2O4/c1-10-16(2,3)12-7-11(5-6-13(12)17-10)18(4)14(19)8-22-9-15(20)21/h5-7H,8-9H2,1-4H3,(H,20,21). The van der Waals surface area contributed by atoms with E-state index in [-0.39, 0.29) is 17.9 Å². The molecule has 0 spiro atoms. The highest BCUT2D eigenvalue weighted by atomic mass is 16.5. The van der Waals surface area contributed by atoms with Crippen LogP contribution in [0.4, 0.5) is 11.4 Å². The number of carbonyl (C=O) groups is 2. The number of nitrogens with zero attached hydrogens (tertiary/aromatic N) is 2. The van der Waals surface area contributed by atoms with E-state index in [0.29, 0.717) is 0 Å². The molecule has 0 radical (unpaired) electrons. The third-order valence-electron chi connectivity index (χ3n) is 4.06. The quantitative estimate of drug-likeness (QED) is 0.904. The van der Waals surface area contributed by atoms with Crippen LogP contribution in [0.2, 0.25) is 0 Å². The molecule has 1 amide bonds. The molecule has 0 bridgehead atoms. The van der Waals surface area contributed by atoms with Crippen molar-refractivity contribution in [2.24, 2.45) is 4.99 Å². The lowest BCUT2D eigenvalue weighted by Gasteiger charge is -2.23. The van der Waals surface area contributed by atoms with Crippen LogP contribution in [0.25, 0.3) is 0 Å². The first-order valence-corrected chi connectivity index (χ1v) is 7.00. The number of anilines is 1. The van der Waals surface area contributed by atoms with Gasteiger partial charge in [0.05, 0.1) is 5.69 Å². The van der Waals surface area contributed by atoms with Crippen molar-refractivity contribution < 1.29 is 19.4 Å². The number of rotatable bonds is 5. The molecule has 0 unspecified atom stereocenters. The number of carbonyl (C=O) groups excluding carboxylic acids is 1. The molecular formula is C16H20N2O4. The second-order valence-electron chi connectivity index (χ2n) is 5.86. The summed E-state index contributed by atoms with van der Waals surface area (Å²) < 4.78 is 4.84. The minimum atomic E-state index is -1.10. The van der Waals surface area contributed by atoms with Crippen LogP contribution in [0.5, 0.6) is 0 Å². The number of amides is 1. The summed E-state index contributed by atoms with van der Waals surface area (Å²) in [5, 5.41) is 8.51. The average Bonchev–Trinajstić information content (AvgIpc) is 2.67. The predicted molar refractivity (Wildman–Crippen MR) is 84.1 cm³/mol. The van der Waals surface area contributed by atoms with Gasteiger partial charge in [0, 0.05) is 23.9 Å². The van der Waals surface area contributed by atoms with Gasteiger partial charge < -0.3 is 14.7 Å². The fourth-order valence-electron chi connectivity index (χ4n) is 2.31. The van der Waals surface area contributed by atoms with E-state index in [1.807, 2.05) is 25.1 Å². The fraction of sp³-hybridized carbons (Fsp3) is 0.438. The van der Waals surface area contributed by atoms with Crippen molar-refractivity contribution >= 4 is 29.0 Å². The molecule has 6 heteroatoms. The summed E-state index contributed by atoms with van der Waals surface area (Å²) in [5.41, 5.74) is 3.62. The largest absolute Gasteiger partial charge is 0.480 e. The lowest BCUT2D eigenvalue weighted by atomic mass is 9.82. The number of hydrogen-bond acceptors (Lipinski definition) is 4. The summed E-state index contributed by atoms with van der Waals surface area (Å²) in [6, 6.07) is 5.67. The maximum absolute atomic E-state index is 12.0. The van der Waals surface area contributed by atoms with E-state index in [0.717, 1.165) is 22.6 Å². The zero-order valence-corrected chi connectivity index (χ0v) is 13.2. The highest BCUT2D eigenvalue weighted by molar-refractivity contribution is 6.01. The number of hydrogen-bond donors (Lipinski definition) is 1. The minimum Gasteiger partial charge on any atom is -0.480 e. The molecule has 1 heterocycles. The van der Waals surface area contributed by atoms with Gasteiger partial charge in [-0.25, -0.2) is 4.79 Å². The Morgan fingerprint density at radius 2 is 2.00 bits per heavy atom. The van der Waals surface area contributed by atoms with E-state index in [9.17, 15) is 9.59 Å². The zero-order valence-electron chi connectivity index (χ0n) is 13.2.